The molecule has 1 aromatic rings. The molecular weight excluding hydrogens is 276 g/mol. The van der Waals surface area contributed by atoms with Crippen LogP contribution in [0, 0.1) is 16.7 Å². The van der Waals surface area contributed by atoms with E-state index in [2.05, 4.69) is 11.4 Å². The van der Waals surface area contributed by atoms with Gasteiger partial charge >= 0.3 is 0 Å². The number of amides is 1. The van der Waals surface area contributed by atoms with Crippen molar-refractivity contribution in [2.24, 2.45) is 5.41 Å². The maximum Gasteiger partial charge on any atom is 0.244 e. The molecule has 2 rings (SSSR count). The predicted octanol–water partition coefficient (Wildman–Crippen LogP) is 3.76. The molecular formula is C15H17ClN2O2. The first-order chi connectivity index (χ1) is 9.61. The van der Waals surface area contributed by atoms with Crippen molar-refractivity contribution < 1.29 is 9.53 Å². The van der Waals surface area contributed by atoms with Crippen LogP contribution in [0.25, 0.3) is 0 Å². The number of nitrogens with one attached hydrogen (secondary N) is 1. The van der Waals surface area contributed by atoms with Crippen molar-refractivity contribution in [3.63, 3.8) is 0 Å². The zero-order valence-corrected chi connectivity index (χ0v) is 12.2. The van der Waals surface area contributed by atoms with Crippen LogP contribution < -0.4 is 10.1 Å². The first-order valence-corrected chi connectivity index (χ1v) is 7.05. The summed E-state index contributed by atoms with van der Waals surface area (Å²) in [6.07, 6.45) is 4.18. The third-order valence-corrected chi connectivity index (χ3v) is 4.06. The van der Waals surface area contributed by atoms with Crippen molar-refractivity contribution in [2.75, 3.05) is 12.4 Å². The molecule has 1 aromatic carbocycles. The van der Waals surface area contributed by atoms with E-state index in [9.17, 15) is 10.1 Å². The summed E-state index contributed by atoms with van der Waals surface area (Å²) in [4.78, 5) is 12.4. The quantitative estimate of drug-likeness (QED) is 0.922. The molecule has 0 saturated heterocycles. The number of anilines is 1. The Bertz CT molecular complexity index is 545. The second-order valence-electron chi connectivity index (χ2n) is 5.06. The Labute approximate surface area is 123 Å². The second kappa shape index (κ2) is 6.15. The lowest BCUT2D eigenvalue weighted by molar-refractivity contribution is -0.124. The normalized spacial score (nSPS) is 17.1. The molecule has 0 aromatic heterocycles. The number of benzene rings is 1. The van der Waals surface area contributed by atoms with Gasteiger partial charge in [-0.25, -0.2) is 0 Å². The highest BCUT2D eigenvalue weighted by molar-refractivity contribution is 6.32. The van der Waals surface area contributed by atoms with Crippen LogP contribution >= 0.6 is 11.6 Å². The maximum absolute atomic E-state index is 12.4. The first-order valence-electron chi connectivity index (χ1n) is 6.67. The lowest BCUT2D eigenvalue weighted by Gasteiger charge is -2.29. The number of methoxy groups -OCH3 is 1. The van der Waals surface area contributed by atoms with Crippen LogP contribution in [0.4, 0.5) is 5.69 Å². The summed E-state index contributed by atoms with van der Waals surface area (Å²) >= 11 is 6.03. The first kappa shape index (κ1) is 14.7. The van der Waals surface area contributed by atoms with E-state index in [4.69, 9.17) is 16.3 Å². The summed E-state index contributed by atoms with van der Waals surface area (Å²) < 4.78 is 5.07. The second-order valence-corrected chi connectivity index (χ2v) is 5.47. The molecule has 1 saturated carbocycles. The molecule has 20 heavy (non-hydrogen) atoms. The number of nitrogens with zero attached hydrogens (tertiary/aromatic N) is 1. The van der Waals surface area contributed by atoms with Crippen LogP contribution in [-0.4, -0.2) is 13.0 Å². The van der Waals surface area contributed by atoms with Crippen molar-refractivity contribution in [3.05, 3.63) is 23.2 Å². The van der Waals surface area contributed by atoms with Crippen LogP contribution in [0.5, 0.6) is 5.75 Å². The molecule has 1 N–H and O–H groups in total. The Kier molecular flexibility index (Phi) is 4.51. The van der Waals surface area contributed by atoms with Gasteiger partial charge in [0, 0.05) is 5.69 Å². The third-order valence-electron chi connectivity index (χ3n) is 3.77. The van der Waals surface area contributed by atoms with Gasteiger partial charge in [0.25, 0.3) is 0 Å². The van der Waals surface area contributed by atoms with Crippen LogP contribution in [0.2, 0.25) is 5.02 Å². The Morgan fingerprint density at radius 2 is 2.10 bits per heavy atom. The molecule has 5 heteroatoms. The highest BCUT2D eigenvalue weighted by Gasteiger charge is 2.39. The molecule has 0 spiro atoms. The van der Waals surface area contributed by atoms with Crippen LogP contribution in [-0.2, 0) is 4.79 Å². The Morgan fingerprint density at radius 1 is 1.40 bits per heavy atom. The fraction of sp³-hybridized carbons (Fsp3) is 0.467. The average Bonchev–Trinajstić information content (AvgIpc) is 2.48. The Balaban J connectivity index is 2.14. The fourth-order valence-corrected chi connectivity index (χ4v) is 2.80. The van der Waals surface area contributed by atoms with Gasteiger partial charge < -0.3 is 10.1 Å². The molecule has 0 atom stereocenters. The van der Waals surface area contributed by atoms with Crippen LogP contribution in [0.15, 0.2) is 18.2 Å². The van der Waals surface area contributed by atoms with E-state index in [1.165, 1.54) is 7.11 Å². The van der Waals surface area contributed by atoms with Gasteiger partial charge in [0.15, 0.2) is 0 Å². The Hall–Kier alpha value is -1.73. The van der Waals surface area contributed by atoms with Gasteiger partial charge in [-0.3, -0.25) is 4.79 Å². The largest absolute Gasteiger partial charge is 0.495 e. The van der Waals surface area contributed by atoms with E-state index in [-0.39, 0.29) is 5.91 Å². The van der Waals surface area contributed by atoms with Gasteiger partial charge in [-0.1, -0.05) is 30.9 Å². The molecule has 1 aliphatic carbocycles. The lowest BCUT2D eigenvalue weighted by Crippen LogP contribution is -2.36. The number of rotatable bonds is 3. The van der Waals surface area contributed by atoms with Crippen molar-refractivity contribution in [1.29, 1.82) is 5.26 Å². The molecule has 0 unspecified atom stereocenters. The standard InChI is InChI=1S/C15H17ClN2O2/c1-20-13-6-5-11(9-12(13)16)18-14(19)15(10-17)7-3-2-4-8-15/h5-6,9H,2-4,7-8H2,1H3,(H,18,19). The van der Waals surface area contributed by atoms with E-state index < -0.39 is 5.41 Å². The zero-order chi connectivity index (χ0) is 14.6. The van der Waals surface area contributed by atoms with Gasteiger partial charge in [0.2, 0.25) is 5.91 Å². The number of nitriles is 1. The predicted molar refractivity (Wildman–Crippen MR) is 77.8 cm³/mol. The molecule has 0 heterocycles. The number of hydrogen-bond donors (Lipinski definition) is 1. The maximum atomic E-state index is 12.4. The highest BCUT2D eigenvalue weighted by Crippen LogP contribution is 2.37. The molecule has 0 bridgehead atoms. The van der Waals surface area contributed by atoms with Gasteiger partial charge in [-0.05, 0) is 31.0 Å². The molecule has 1 aliphatic rings. The molecule has 0 radical (unpaired) electrons. The summed E-state index contributed by atoms with van der Waals surface area (Å²) in [6.45, 7) is 0. The van der Waals surface area contributed by atoms with E-state index in [1.54, 1.807) is 18.2 Å². The smallest absolute Gasteiger partial charge is 0.244 e. The van der Waals surface area contributed by atoms with Crippen LogP contribution in [0.1, 0.15) is 32.1 Å². The number of ether oxygens (including phenoxy) is 1. The van der Waals surface area contributed by atoms with Crippen molar-refractivity contribution in [2.45, 2.75) is 32.1 Å². The van der Waals surface area contributed by atoms with E-state index >= 15 is 0 Å². The average molecular weight is 293 g/mol. The molecule has 0 aliphatic heterocycles. The monoisotopic (exact) mass is 292 g/mol. The summed E-state index contributed by atoms with van der Waals surface area (Å²) in [5.74, 6) is 0.318. The number of halogens is 1. The number of carbonyl (C=O) groups is 1. The molecule has 4 nitrogen and oxygen atoms in total. The lowest BCUT2D eigenvalue weighted by atomic mass is 9.74. The van der Waals surface area contributed by atoms with E-state index in [0.717, 1.165) is 19.3 Å². The molecule has 1 amide bonds. The molecule has 106 valence electrons. The Morgan fingerprint density at radius 3 is 2.65 bits per heavy atom. The van der Waals surface area contributed by atoms with Gasteiger partial charge in [-0.15, -0.1) is 0 Å². The topological polar surface area (TPSA) is 62.1 Å². The summed E-state index contributed by atoms with van der Waals surface area (Å²) in [5.41, 5.74) is -0.314. The molecule has 1 fully saturated rings. The van der Waals surface area contributed by atoms with Gasteiger partial charge in [-0.2, -0.15) is 5.26 Å². The van der Waals surface area contributed by atoms with Crippen molar-refractivity contribution >= 4 is 23.2 Å². The minimum Gasteiger partial charge on any atom is -0.495 e. The van der Waals surface area contributed by atoms with Crippen molar-refractivity contribution in [3.8, 4) is 11.8 Å². The van der Waals surface area contributed by atoms with Gasteiger partial charge in [0.1, 0.15) is 11.2 Å². The third kappa shape index (κ3) is 2.88. The SMILES string of the molecule is COc1ccc(NC(=O)C2(C#N)CCCCC2)cc1Cl. The van der Waals surface area contributed by atoms with E-state index in [0.29, 0.717) is 29.3 Å². The van der Waals surface area contributed by atoms with Crippen molar-refractivity contribution in [1.82, 2.24) is 0 Å². The highest BCUT2D eigenvalue weighted by atomic mass is 35.5. The van der Waals surface area contributed by atoms with Gasteiger partial charge in [0.05, 0.1) is 18.2 Å². The zero-order valence-electron chi connectivity index (χ0n) is 11.4. The van der Waals surface area contributed by atoms with Crippen LogP contribution in [0.3, 0.4) is 0 Å². The minimum absolute atomic E-state index is 0.235. The van der Waals surface area contributed by atoms with E-state index in [1.807, 2.05) is 0 Å². The summed E-state index contributed by atoms with van der Waals surface area (Å²) in [6, 6.07) is 7.25. The summed E-state index contributed by atoms with van der Waals surface area (Å²) in [5, 5.41) is 12.6. The number of carbonyl (C=O) groups excluding carboxylic acids is 1. The number of hydrogen-bond acceptors (Lipinski definition) is 3. The summed E-state index contributed by atoms with van der Waals surface area (Å²) in [7, 11) is 1.53. The minimum atomic E-state index is -0.898. The fourth-order valence-electron chi connectivity index (χ4n) is 2.54.